The lowest BCUT2D eigenvalue weighted by Crippen LogP contribution is -2.45. The van der Waals surface area contributed by atoms with Gasteiger partial charge in [-0.2, -0.15) is 0 Å². The molecule has 2 aromatic carbocycles. The number of aliphatic hydroxyl groups is 1. The number of rotatable bonds is 6. The number of benzene rings is 2. The van der Waals surface area contributed by atoms with Gasteiger partial charge in [0.05, 0.1) is 12.6 Å². The highest BCUT2D eigenvalue weighted by Gasteiger charge is 2.24. The predicted octanol–water partition coefficient (Wildman–Crippen LogP) is 6.18. The molecule has 3 aromatic rings. The first kappa shape index (κ1) is 21.2. The third-order valence-corrected chi connectivity index (χ3v) is 6.37. The molecule has 0 radical (unpaired) electrons. The zero-order valence-electron chi connectivity index (χ0n) is 16.4. The maximum absolute atomic E-state index is 10.8. The lowest BCUT2D eigenvalue weighted by molar-refractivity contribution is 0.145. The minimum absolute atomic E-state index is 0.365. The van der Waals surface area contributed by atoms with Crippen LogP contribution < -0.4 is 5.32 Å². The van der Waals surface area contributed by atoms with Gasteiger partial charge in [-0.25, -0.2) is 0 Å². The van der Waals surface area contributed by atoms with Gasteiger partial charge in [0, 0.05) is 53.4 Å². The molecule has 0 spiro atoms. The van der Waals surface area contributed by atoms with Crippen molar-refractivity contribution >= 4 is 53.7 Å². The lowest BCUT2D eigenvalue weighted by atomic mass is 9.92. The second kappa shape index (κ2) is 8.57. The van der Waals surface area contributed by atoms with Crippen LogP contribution in [0.15, 0.2) is 74.4 Å². The fourth-order valence-corrected chi connectivity index (χ4v) is 4.69. The van der Waals surface area contributed by atoms with Gasteiger partial charge >= 0.3 is 0 Å². The molecule has 2 atom stereocenters. The van der Waals surface area contributed by atoms with E-state index < -0.39 is 6.10 Å². The Morgan fingerprint density at radius 2 is 1.83 bits per heavy atom. The molecule has 0 fully saturated rings. The van der Waals surface area contributed by atoms with E-state index in [1.807, 2.05) is 37.3 Å². The topological polar surface area (TPSA) is 86.0 Å². The monoisotopic (exact) mass is 529 g/mol. The molecule has 1 aliphatic rings. The van der Waals surface area contributed by atoms with Crippen LogP contribution in [0, 0.1) is 0 Å². The standard InChI is InChI=1S/C22H21Br2N5O/c1-22(8-2-3-16(11-22)27-28-25)26-12-17(30)13-29-20-6-4-14(23)9-18(20)19-10-15(24)5-7-21(19)29/h2-7,9-11,17,26,30H,8,12-13H2,1H3. The number of hydrogen-bond donors (Lipinski definition) is 2. The van der Waals surface area contributed by atoms with E-state index in [1.54, 1.807) is 0 Å². The molecule has 1 aliphatic carbocycles. The number of allylic oxidation sites excluding steroid dienone is 1. The summed E-state index contributed by atoms with van der Waals surface area (Å²) in [7, 11) is 0. The highest BCUT2D eigenvalue weighted by molar-refractivity contribution is 9.10. The van der Waals surface area contributed by atoms with Gasteiger partial charge in [-0.15, -0.1) is 0 Å². The Balaban J connectivity index is 1.58. The number of β-amino-alcohol motifs (C(OH)–C–C–N with tert-alkyl or cyclic N) is 1. The maximum atomic E-state index is 10.8. The summed E-state index contributed by atoms with van der Waals surface area (Å²) in [5, 5.41) is 20.2. The number of nitrogens with one attached hydrogen (secondary N) is 1. The average molecular weight is 531 g/mol. The first-order valence-corrected chi connectivity index (χ1v) is 11.2. The summed E-state index contributed by atoms with van der Waals surface area (Å²) in [4.78, 5) is 2.86. The Kier molecular flexibility index (Phi) is 6.04. The van der Waals surface area contributed by atoms with E-state index in [1.165, 1.54) is 0 Å². The molecule has 2 N–H and O–H groups in total. The molecule has 0 amide bonds. The second-order valence-electron chi connectivity index (χ2n) is 7.75. The summed E-state index contributed by atoms with van der Waals surface area (Å²) in [6.07, 6.45) is 5.88. The Morgan fingerprint density at radius 1 is 1.20 bits per heavy atom. The predicted molar refractivity (Wildman–Crippen MR) is 128 cm³/mol. The van der Waals surface area contributed by atoms with Crippen molar-refractivity contribution in [2.24, 2.45) is 5.11 Å². The minimum atomic E-state index is -0.588. The van der Waals surface area contributed by atoms with E-state index in [2.05, 4.69) is 76.0 Å². The molecule has 1 aromatic heterocycles. The molecule has 2 unspecified atom stereocenters. The Morgan fingerprint density at radius 3 is 2.43 bits per heavy atom. The van der Waals surface area contributed by atoms with Crippen molar-refractivity contribution in [2.75, 3.05) is 6.54 Å². The summed E-state index contributed by atoms with van der Waals surface area (Å²) in [6.45, 7) is 2.92. The van der Waals surface area contributed by atoms with Gasteiger partial charge in [0.2, 0.25) is 0 Å². The number of aliphatic hydroxyl groups excluding tert-OH is 1. The minimum Gasteiger partial charge on any atom is -0.390 e. The van der Waals surface area contributed by atoms with Crippen LogP contribution in [-0.2, 0) is 6.54 Å². The third-order valence-electron chi connectivity index (χ3n) is 5.38. The van der Waals surface area contributed by atoms with E-state index in [4.69, 9.17) is 5.53 Å². The highest BCUT2D eigenvalue weighted by Crippen LogP contribution is 2.33. The van der Waals surface area contributed by atoms with Crippen LogP contribution >= 0.6 is 31.9 Å². The van der Waals surface area contributed by atoms with E-state index >= 15 is 0 Å². The molecule has 0 saturated carbocycles. The molecule has 1 heterocycles. The molecule has 0 bridgehead atoms. The van der Waals surface area contributed by atoms with Crippen molar-refractivity contribution in [3.8, 4) is 0 Å². The van der Waals surface area contributed by atoms with E-state index in [0.717, 1.165) is 37.2 Å². The van der Waals surface area contributed by atoms with Gasteiger partial charge in [-0.3, -0.25) is 0 Å². The normalized spacial score (nSPS) is 19.7. The number of nitrogens with zero attached hydrogens (tertiary/aromatic N) is 4. The molecule has 8 heteroatoms. The van der Waals surface area contributed by atoms with Crippen LogP contribution in [0.2, 0.25) is 0 Å². The van der Waals surface area contributed by atoms with Gasteiger partial charge in [0.1, 0.15) is 0 Å². The summed E-state index contributed by atoms with van der Waals surface area (Å²) >= 11 is 7.13. The molecule has 0 aliphatic heterocycles. The number of aromatic nitrogens is 1. The van der Waals surface area contributed by atoms with Crippen LogP contribution in [0.3, 0.4) is 0 Å². The summed E-state index contributed by atoms with van der Waals surface area (Å²) in [5.41, 5.74) is 11.1. The van der Waals surface area contributed by atoms with E-state index in [-0.39, 0.29) is 5.54 Å². The van der Waals surface area contributed by atoms with Crippen molar-refractivity contribution in [3.05, 3.63) is 79.7 Å². The Bertz CT molecular complexity index is 1170. The number of halogens is 2. The van der Waals surface area contributed by atoms with Gasteiger partial charge in [0.25, 0.3) is 0 Å². The Labute approximate surface area is 191 Å². The number of hydrogen-bond acceptors (Lipinski definition) is 3. The quantitative estimate of drug-likeness (QED) is 0.226. The van der Waals surface area contributed by atoms with Crippen molar-refractivity contribution < 1.29 is 5.11 Å². The van der Waals surface area contributed by atoms with Gasteiger partial charge in [-0.05, 0) is 55.3 Å². The Hall–Kier alpha value is -2.09. The molecular weight excluding hydrogens is 510 g/mol. The number of azide groups is 1. The van der Waals surface area contributed by atoms with Crippen LogP contribution in [0.25, 0.3) is 32.2 Å². The third kappa shape index (κ3) is 4.33. The highest BCUT2D eigenvalue weighted by atomic mass is 79.9. The van der Waals surface area contributed by atoms with E-state index in [0.29, 0.717) is 18.8 Å². The fourth-order valence-electron chi connectivity index (χ4n) is 3.97. The lowest BCUT2D eigenvalue weighted by Gasteiger charge is -2.30. The van der Waals surface area contributed by atoms with Crippen LogP contribution in [0.5, 0.6) is 0 Å². The van der Waals surface area contributed by atoms with E-state index in [9.17, 15) is 5.11 Å². The molecular formula is C22H21Br2N5O. The smallest absolute Gasteiger partial charge is 0.0843 e. The van der Waals surface area contributed by atoms with Crippen LogP contribution in [-0.4, -0.2) is 27.9 Å². The molecule has 0 saturated heterocycles. The summed E-state index contributed by atoms with van der Waals surface area (Å²) in [5.74, 6) is 0. The van der Waals surface area contributed by atoms with Gasteiger partial charge in [-0.1, -0.05) is 55.2 Å². The van der Waals surface area contributed by atoms with Crippen LogP contribution in [0.4, 0.5) is 0 Å². The summed E-state index contributed by atoms with van der Waals surface area (Å²) < 4.78 is 4.22. The van der Waals surface area contributed by atoms with Gasteiger partial charge in [0.15, 0.2) is 0 Å². The maximum Gasteiger partial charge on any atom is 0.0843 e. The fraction of sp³-hybridized carbons (Fsp3) is 0.273. The largest absolute Gasteiger partial charge is 0.390 e. The second-order valence-corrected chi connectivity index (χ2v) is 9.58. The molecule has 30 heavy (non-hydrogen) atoms. The zero-order chi connectivity index (χ0) is 21.3. The molecule has 6 nitrogen and oxygen atoms in total. The zero-order valence-corrected chi connectivity index (χ0v) is 19.6. The first-order valence-electron chi connectivity index (χ1n) is 9.63. The number of fused-ring (bicyclic) bond motifs is 3. The van der Waals surface area contributed by atoms with Crippen molar-refractivity contribution in [1.82, 2.24) is 9.88 Å². The van der Waals surface area contributed by atoms with Crippen molar-refractivity contribution in [1.29, 1.82) is 0 Å². The molecule has 154 valence electrons. The average Bonchev–Trinajstić information content (AvgIpc) is 2.99. The van der Waals surface area contributed by atoms with Crippen molar-refractivity contribution in [3.63, 3.8) is 0 Å². The SMILES string of the molecule is CC1(NCC(O)Cn2c3ccc(Br)cc3c3cc(Br)ccc32)C=C(N=[N+]=[N-])C=CC1. The first-order chi connectivity index (χ1) is 14.4. The van der Waals surface area contributed by atoms with Crippen LogP contribution in [0.1, 0.15) is 13.3 Å². The molecule has 4 rings (SSSR count). The van der Waals surface area contributed by atoms with Crippen molar-refractivity contribution in [2.45, 2.75) is 31.5 Å². The summed E-state index contributed by atoms with van der Waals surface area (Å²) in [6, 6.07) is 12.4. The van der Waals surface area contributed by atoms with Gasteiger partial charge < -0.3 is 15.0 Å².